The average Bonchev–Trinajstić information content (AvgIpc) is 2.57. The van der Waals surface area contributed by atoms with Gasteiger partial charge in [0.15, 0.2) is 0 Å². The minimum absolute atomic E-state index is 0.174. The number of anilines is 1. The predicted octanol–water partition coefficient (Wildman–Crippen LogP) is 3.15. The minimum Gasteiger partial charge on any atom is -0.481 e. The van der Waals surface area contributed by atoms with Gasteiger partial charge in [0, 0.05) is 6.04 Å². The van der Waals surface area contributed by atoms with Gasteiger partial charge in [0.2, 0.25) is 5.88 Å². The monoisotopic (exact) mass is 269 g/mol. The number of nitrogens with one attached hydrogen (secondary N) is 1. The molecule has 0 radical (unpaired) electrons. The topological polar surface area (TPSA) is 47.0 Å². The Kier molecular flexibility index (Phi) is 4.64. The number of alkyl halides is 1. The summed E-state index contributed by atoms with van der Waals surface area (Å²) in [5.74, 6) is 1.45. The van der Waals surface area contributed by atoms with E-state index in [1.807, 2.05) is 6.92 Å². The second kappa shape index (κ2) is 6.23. The Balaban J connectivity index is 2.12. The molecule has 1 fully saturated rings. The molecule has 0 spiro atoms. The van der Waals surface area contributed by atoms with Crippen LogP contribution in [0.2, 0.25) is 0 Å². The summed E-state index contributed by atoms with van der Waals surface area (Å²) in [6.07, 6.45) is 7.41. The van der Waals surface area contributed by atoms with Crippen LogP contribution in [0.3, 0.4) is 0 Å². The van der Waals surface area contributed by atoms with Crippen molar-refractivity contribution in [3.05, 3.63) is 11.9 Å². The highest BCUT2D eigenvalue weighted by Crippen LogP contribution is 2.27. The molecular formula is C13H20ClN3O. The molecule has 5 heteroatoms. The highest BCUT2D eigenvalue weighted by Gasteiger charge is 2.22. The molecule has 0 bridgehead atoms. The number of hydrogen-bond donors (Lipinski definition) is 1. The number of nitrogens with zero attached hydrogens (tertiary/aromatic N) is 2. The molecule has 1 aliphatic rings. The summed E-state index contributed by atoms with van der Waals surface area (Å²) in [6.45, 7) is 1.96. The van der Waals surface area contributed by atoms with E-state index in [0.29, 0.717) is 5.88 Å². The van der Waals surface area contributed by atoms with Gasteiger partial charge < -0.3 is 10.1 Å². The summed E-state index contributed by atoms with van der Waals surface area (Å²) >= 11 is 6.43. The fourth-order valence-corrected chi connectivity index (χ4v) is 2.73. The van der Waals surface area contributed by atoms with E-state index in [2.05, 4.69) is 15.3 Å². The van der Waals surface area contributed by atoms with Crippen LogP contribution in [-0.2, 0) is 0 Å². The first-order valence-electron chi connectivity index (χ1n) is 6.48. The van der Waals surface area contributed by atoms with Crippen LogP contribution in [0.1, 0.15) is 37.7 Å². The molecule has 0 aromatic carbocycles. The first kappa shape index (κ1) is 13.4. The summed E-state index contributed by atoms with van der Waals surface area (Å²) < 4.78 is 5.20. The lowest BCUT2D eigenvalue weighted by Crippen LogP contribution is -2.29. The zero-order chi connectivity index (χ0) is 13.0. The maximum atomic E-state index is 6.43. The van der Waals surface area contributed by atoms with E-state index in [-0.39, 0.29) is 11.4 Å². The van der Waals surface area contributed by atoms with Crippen molar-refractivity contribution in [2.75, 3.05) is 12.4 Å². The molecule has 1 aromatic rings. The first-order valence-corrected chi connectivity index (χ1v) is 6.92. The van der Waals surface area contributed by atoms with Gasteiger partial charge in [0.1, 0.15) is 12.1 Å². The van der Waals surface area contributed by atoms with E-state index in [1.165, 1.54) is 25.6 Å². The molecule has 2 rings (SSSR count). The summed E-state index contributed by atoms with van der Waals surface area (Å²) in [7, 11) is 1.62. The Hall–Kier alpha value is -1.03. The maximum Gasteiger partial charge on any atom is 0.221 e. The summed E-state index contributed by atoms with van der Waals surface area (Å²) in [6, 6.07) is 0.285. The van der Waals surface area contributed by atoms with Gasteiger partial charge in [0.25, 0.3) is 0 Å². The molecule has 1 heterocycles. The van der Waals surface area contributed by atoms with Crippen LogP contribution in [0, 0.1) is 6.92 Å². The van der Waals surface area contributed by atoms with Crippen LogP contribution < -0.4 is 10.1 Å². The van der Waals surface area contributed by atoms with Crippen LogP contribution in [-0.4, -0.2) is 28.5 Å². The molecule has 2 atom stereocenters. The number of methoxy groups -OCH3 is 1. The molecule has 1 N–H and O–H groups in total. The van der Waals surface area contributed by atoms with Gasteiger partial charge in [0.05, 0.1) is 18.1 Å². The summed E-state index contributed by atoms with van der Waals surface area (Å²) in [5, 5.41) is 3.62. The smallest absolute Gasteiger partial charge is 0.221 e. The highest BCUT2D eigenvalue weighted by atomic mass is 35.5. The Morgan fingerprint density at radius 3 is 2.83 bits per heavy atom. The van der Waals surface area contributed by atoms with Gasteiger partial charge in [-0.05, 0) is 19.8 Å². The van der Waals surface area contributed by atoms with Gasteiger partial charge >= 0.3 is 0 Å². The minimum atomic E-state index is 0.174. The van der Waals surface area contributed by atoms with E-state index in [1.54, 1.807) is 7.11 Å². The number of hydrogen-bond acceptors (Lipinski definition) is 4. The molecule has 100 valence electrons. The van der Waals surface area contributed by atoms with Crippen LogP contribution in [0.15, 0.2) is 6.33 Å². The Bertz CT molecular complexity index is 400. The summed E-state index contributed by atoms with van der Waals surface area (Å²) in [5.41, 5.74) is 0.938. The van der Waals surface area contributed by atoms with Gasteiger partial charge in [-0.3, -0.25) is 0 Å². The Morgan fingerprint density at radius 1 is 1.28 bits per heavy atom. The van der Waals surface area contributed by atoms with Crippen molar-refractivity contribution in [3.63, 3.8) is 0 Å². The van der Waals surface area contributed by atoms with Gasteiger partial charge in [-0.1, -0.05) is 19.3 Å². The van der Waals surface area contributed by atoms with E-state index in [0.717, 1.165) is 24.2 Å². The van der Waals surface area contributed by atoms with Crippen molar-refractivity contribution in [1.82, 2.24) is 9.97 Å². The quantitative estimate of drug-likeness (QED) is 0.676. The van der Waals surface area contributed by atoms with Gasteiger partial charge in [-0.15, -0.1) is 11.6 Å². The normalized spacial score (nSPS) is 24.4. The van der Waals surface area contributed by atoms with Crippen LogP contribution >= 0.6 is 11.6 Å². The lowest BCUT2D eigenvalue weighted by Gasteiger charge is -2.22. The number of ether oxygens (including phenoxy) is 1. The Morgan fingerprint density at radius 2 is 2.06 bits per heavy atom. The van der Waals surface area contributed by atoms with E-state index < -0.39 is 0 Å². The van der Waals surface area contributed by atoms with E-state index in [4.69, 9.17) is 16.3 Å². The number of aromatic nitrogens is 2. The lowest BCUT2D eigenvalue weighted by molar-refractivity contribution is 0.393. The molecule has 0 aliphatic heterocycles. The Labute approximate surface area is 113 Å². The molecule has 1 saturated carbocycles. The third kappa shape index (κ3) is 3.05. The molecule has 18 heavy (non-hydrogen) atoms. The molecular weight excluding hydrogens is 250 g/mol. The highest BCUT2D eigenvalue weighted by molar-refractivity contribution is 6.21. The van der Waals surface area contributed by atoms with Crippen LogP contribution in [0.5, 0.6) is 5.88 Å². The molecule has 4 nitrogen and oxygen atoms in total. The van der Waals surface area contributed by atoms with Crippen LogP contribution in [0.4, 0.5) is 5.82 Å². The third-order valence-corrected chi connectivity index (χ3v) is 4.01. The largest absolute Gasteiger partial charge is 0.481 e. The average molecular weight is 270 g/mol. The SMILES string of the molecule is COc1ncnc(NC2CCCCCC2Cl)c1C. The lowest BCUT2D eigenvalue weighted by atomic mass is 10.1. The number of halogens is 1. The second-order valence-electron chi connectivity index (χ2n) is 4.76. The summed E-state index contributed by atoms with van der Waals surface area (Å²) in [4.78, 5) is 8.37. The van der Waals surface area contributed by atoms with Crippen molar-refractivity contribution in [3.8, 4) is 5.88 Å². The number of rotatable bonds is 3. The first-order chi connectivity index (χ1) is 8.72. The second-order valence-corrected chi connectivity index (χ2v) is 5.32. The van der Waals surface area contributed by atoms with Crippen molar-refractivity contribution >= 4 is 17.4 Å². The zero-order valence-electron chi connectivity index (χ0n) is 10.9. The predicted molar refractivity (Wildman–Crippen MR) is 73.5 cm³/mol. The van der Waals surface area contributed by atoms with Crippen molar-refractivity contribution in [2.45, 2.75) is 50.4 Å². The van der Waals surface area contributed by atoms with Crippen molar-refractivity contribution in [2.24, 2.45) is 0 Å². The van der Waals surface area contributed by atoms with Gasteiger partial charge in [-0.25, -0.2) is 9.97 Å². The van der Waals surface area contributed by atoms with E-state index >= 15 is 0 Å². The van der Waals surface area contributed by atoms with Gasteiger partial charge in [-0.2, -0.15) is 0 Å². The molecule has 2 unspecified atom stereocenters. The molecule has 1 aromatic heterocycles. The fourth-order valence-electron chi connectivity index (χ4n) is 2.39. The zero-order valence-corrected chi connectivity index (χ0v) is 11.7. The van der Waals surface area contributed by atoms with Crippen molar-refractivity contribution in [1.29, 1.82) is 0 Å². The third-order valence-electron chi connectivity index (χ3n) is 3.48. The van der Waals surface area contributed by atoms with E-state index in [9.17, 15) is 0 Å². The maximum absolute atomic E-state index is 6.43. The standard InChI is InChI=1S/C13H20ClN3O/c1-9-12(15-8-16-13(9)18-2)17-11-7-5-3-4-6-10(11)14/h8,10-11H,3-7H2,1-2H3,(H,15,16,17). The fraction of sp³-hybridized carbons (Fsp3) is 0.692. The van der Waals surface area contributed by atoms with Crippen molar-refractivity contribution < 1.29 is 4.74 Å². The van der Waals surface area contributed by atoms with Crippen LogP contribution in [0.25, 0.3) is 0 Å². The molecule has 0 saturated heterocycles. The molecule has 1 aliphatic carbocycles. The molecule has 0 amide bonds.